The van der Waals surface area contributed by atoms with E-state index in [1.165, 1.54) is 0 Å². The van der Waals surface area contributed by atoms with Crippen molar-refractivity contribution in [1.82, 2.24) is 15.4 Å². The van der Waals surface area contributed by atoms with Gasteiger partial charge in [-0.15, -0.1) is 0 Å². The lowest BCUT2D eigenvalue weighted by molar-refractivity contribution is -0.125. The van der Waals surface area contributed by atoms with Gasteiger partial charge in [0.2, 0.25) is 0 Å². The van der Waals surface area contributed by atoms with Crippen LogP contribution < -0.4 is 15.4 Å². The van der Waals surface area contributed by atoms with Crippen LogP contribution in [0.15, 0.2) is 29.2 Å². The van der Waals surface area contributed by atoms with Gasteiger partial charge < -0.3 is 5.32 Å². The second kappa shape index (κ2) is 5.81. The zero-order chi connectivity index (χ0) is 15.7. The summed E-state index contributed by atoms with van der Waals surface area (Å²) in [5.74, 6) is -0.309. The fourth-order valence-electron chi connectivity index (χ4n) is 3.24. The van der Waals surface area contributed by atoms with Gasteiger partial charge in [-0.25, -0.2) is 13.7 Å². The third-order valence-corrected chi connectivity index (χ3v) is 5.61. The summed E-state index contributed by atoms with van der Waals surface area (Å²) in [5.41, 5.74) is 0.280. The fraction of sp³-hybridized carbons (Fsp3) is 0.467. The standard InChI is InChI=1S/C15H19N3O3S/c1-10-4-6-12(7-5-10)22(21)16-9-11-3-2-8-15(11)13(19)17-14(20)18-15/h4-7,11,16H,2-3,8-9H2,1H3,(H2,17,18,19,20). The summed E-state index contributed by atoms with van der Waals surface area (Å²) in [6.45, 7) is 2.40. The predicted molar refractivity (Wildman–Crippen MR) is 82.3 cm³/mol. The normalized spacial score (nSPS) is 28.7. The van der Waals surface area contributed by atoms with Crippen LogP contribution in [0.3, 0.4) is 0 Å². The molecule has 7 heteroatoms. The van der Waals surface area contributed by atoms with Crippen LogP contribution in [0.25, 0.3) is 0 Å². The monoisotopic (exact) mass is 321 g/mol. The van der Waals surface area contributed by atoms with E-state index in [4.69, 9.17) is 0 Å². The molecule has 1 spiro atoms. The molecule has 3 rings (SSSR count). The van der Waals surface area contributed by atoms with Crippen molar-refractivity contribution in [3.63, 3.8) is 0 Å². The van der Waals surface area contributed by atoms with Gasteiger partial charge in [0.05, 0.1) is 4.90 Å². The van der Waals surface area contributed by atoms with Crippen molar-refractivity contribution in [2.24, 2.45) is 5.92 Å². The minimum Gasteiger partial charge on any atom is -0.323 e. The van der Waals surface area contributed by atoms with Gasteiger partial charge in [0.1, 0.15) is 16.5 Å². The lowest BCUT2D eigenvalue weighted by atomic mass is 9.87. The molecule has 1 aliphatic heterocycles. The third-order valence-electron chi connectivity index (χ3n) is 4.49. The van der Waals surface area contributed by atoms with Crippen LogP contribution in [0.5, 0.6) is 0 Å². The van der Waals surface area contributed by atoms with E-state index in [1.54, 1.807) is 0 Å². The van der Waals surface area contributed by atoms with Crippen LogP contribution in [0.4, 0.5) is 4.79 Å². The molecule has 2 fully saturated rings. The van der Waals surface area contributed by atoms with E-state index in [2.05, 4.69) is 15.4 Å². The quantitative estimate of drug-likeness (QED) is 0.723. The first-order chi connectivity index (χ1) is 10.5. The average Bonchev–Trinajstić information content (AvgIpc) is 3.01. The molecule has 1 aromatic carbocycles. The number of carbonyl (C=O) groups is 2. The van der Waals surface area contributed by atoms with Crippen molar-refractivity contribution >= 4 is 22.9 Å². The number of nitrogens with one attached hydrogen (secondary N) is 3. The molecule has 3 amide bonds. The second-order valence-electron chi connectivity index (χ2n) is 5.90. The van der Waals surface area contributed by atoms with Crippen molar-refractivity contribution in [3.8, 4) is 0 Å². The molecule has 0 radical (unpaired) electrons. The van der Waals surface area contributed by atoms with Crippen LogP contribution in [0.2, 0.25) is 0 Å². The molecule has 2 aliphatic rings. The van der Waals surface area contributed by atoms with Crippen molar-refractivity contribution in [1.29, 1.82) is 0 Å². The number of rotatable bonds is 4. The van der Waals surface area contributed by atoms with E-state index < -0.39 is 22.6 Å². The number of urea groups is 1. The van der Waals surface area contributed by atoms with Gasteiger partial charge in [-0.1, -0.05) is 24.1 Å². The molecule has 1 aromatic rings. The zero-order valence-electron chi connectivity index (χ0n) is 12.3. The Kier molecular flexibility index (Phi) is 4.01. The Morgan fingerprint density at radius 2 is 2.05 bits per heavy atom. The molecule has 1 saturated carbocycles. The number of benzene rings is 1. The second-order valence-corrected chi connectivity index (χ2v) is 7.20. The summed E-state index contributed by atoms with van der Waals surface area (Å²) >= 11 is 0. The summed E-state index contributed by atoms with van der Waals surface area (Å²) in [5, 5.41) is 5.07. The average molecular weight is 321 g/mol. The van der Waals surface area contributed by atoms with Gasteiger partial charge in [-0.2, -0.15) is 0 Å². The van der Waals surface area contributed by atoms with E-state index in [0.29, 0.717) is 17.9 Å². The highest BCUT2D eigenvalue weighted by atomic mass is 32.2. The molecule has 118 valence electrons. The van der Waals surface area contributed by atoms with Gasteiger partial charge in [-0.3, -0.25) is 10.1 Å². The molecule has 22 heavy (non-hydrogen) atoms. The van der Waals surface area contributed by atoms with Gasteiger partial charge in [-0.05, 0) is 31.9 Å². The van der Waals surface area contributed by atoms with E-state index in [9.17, 15) is 13.8 Å². The Morgan fingerprint density at radius 1 is 1.32 bits per heavy atom. The van der Waals surface area contributed by atoms with Gasteiger partial charge in [0.25, 0.3) is 5.91 Å². The van der Waals surface area contributed by atoms with Crippen molar-refractivity contribution < 1.29 is 13.8 Å². The molecular weight excluding hydrogens is 302 g/mol. The minimum atomic E-state index is -1.32. The van der Waals surface area contributed by atoms with E-state index in [-0.39, 0.29) is 11.8 Å². The van der Waals surface area contributed by atoms with Crippen molar-refractivity contribution in [2.75, 3.05) is 6.54 Å². The topological polar surface area (TPSA) is 87.3 Å². The Bertz CT molecular complexity index is 631. The maximum atomic E-state index is 12.3. The zero-order valence-corrected chi connectivity index (χ0v) is 13.2. The Labute approximate surface area is 131 Å². The first-order valence-electron chi connectivity index (χ1n) is 7.37. The van der Waals surface area contributed by atoms with Crippen molar-refractivity contribution in [2.45, 2.75) is 36.6 Å². The van der Waals surface area contributed by atoms with E-state index in [0.717, 1.165) is 18.4 Å². The molecule has 3 unspecified atom stereocenters. The summed E-state index contributed by atoms with van der Waals surface area (Å²) in [4.78, 5) is 24.2. The summed E-state index contributed by atoms with van der Waals surface area (Å²) in [6.07, 6.45) is 2.33. The first kappa shape index (κ1) is 15.2. The van der Waals surface area contributed by atoms with Gasteiger partial charge in [0.15, 0.2) is 0 Å². The highest BCUT2D eigenvalue weighted by Crippen LogP contribution is 2.37. The first-order valence-corrected chi connectivity index (χ1v) is 8.52. The highest BCUT2D eigenvalue weighted by Gasteiger charge is 2.54. The SMILES string of the molecule is Cc1ccc(S(=O)NCC2CCCC23NC(=O)NC3=O)cc1. The number of aryl methyl sites for hydroxylation is 1. The van der Waals surface area contributed by atoms with Crippen LogP contribution in [0, 0.1) is 12.8 Å². The molecule has 1 aliphatic carbocycles. The van der Waals surface area contributed by atoms with E-state index >= 15 is 0 Å². The van der Waals surface area contributed by atoms with Crippen LogP contribution >= 0.6 is 0 Å². The Morgan fingerprint density at radius 3 is 2.68 bits per heavy atom. The molecule has 6 nitrogen and oxygen atoms in total. The number of hydrogen-bond acceptors (Lipinski definition) is 3. The largest absolute Gasteiger partial charge is 0.323 e. The van der Waals surface area contributed by atoms with Crippen molar-refractivity contribution in [3.05, 3.63) is 29.8 Å². The number of amides is 3. The molecular formula is C15H19N3O3S. The lowest BCUT2D eigenvalue weighted by Gasteiger charge is -2.28. The predicted octanol–water partition coefficient (Wildman–Crippen LogP) is 0.986. The summed E-state index contributed by atoms with van der Waals surface area (Å²) < 4.78 is 15.3. The number of carbonyl (C=O) groups excluding carboxylic acids is 2. The Balaban J connectivity index is 1.66. The number of imide groups is 1. The fourth-order valence-corrected chi connectivity index (χ4v) is 4.15. The minimum absolute atomic E-state index is 0.0478. The molecule has 0 aromatic heterocycles. The molecule has 1 heterocycles. The smallest absolute Gasteiger partial charge is 0.322 e. The van der Waals surface area contributed by atoms with Crippen LogP contribution in [-0.2, 0) is 15.8 Å². The molecule has 3 N–H and O–H groups in total. The number of hydrogen-bond donors (Lipinski definition) is 3. The lowest BCUT2D eigenvalue weighted by Crippen LogP contribution is -2.52. The third kappa shape index (κ3) is 2.66. The molecule has 1 saturated heterocycles. The summed E-state index contributed by atoms with van der Waals surface area (Å²) in [7, 11) is -1.32. The van der Waals surface area contributed by atoms with Crippen LogP contribution in [-0.4, -0.2) is 28.2 Å². The molecule has 3 atom stereocenters. The molecule has 0 bridgehead atoms. The maximum absolute atomic E-state index is 12.3. The van der Waals surface area contributed by atoms with Gasteiger partial charge >= 0.3 is 6.03 Å². The Hall–Kier alpha value is -1.73. The van der Waals surface area contributed by atoms with E-state index in [1.807, 2.05) is 31.2 Å². The summed E-state index contributed by atoms with van der Waals surface area (Å²) in [6, 6.07) is 7.05. The van der Waals surface area contributed by atoms with Gasteiger partial charge in [0, 0.05) is 12.5 Å². The van der Waals surface area contributed by atoms with Crippen LogP contribution in [0.1, 0.15) is 24.8 Å². The highest BCUT2D eigenvalue weighted by molar-refractivity contribution is 7.83. The maximum Gasteiger partial charge on any atom is 0.322 e.